The molecule has 1 saturated heterocycles. The van der Waals surface area contributed by atoms with Crippen molar-refractivity contribution in [1.82, 2.24) is 4.90 Å². The van der Waals surface area contributed by atoms with Crippen LogP contribution < -0.4 is 15.0 Å². The first-order valence-corrected chi connectivity index (χ1v) is 9.30. The second-order valence-corrected chi connectivity index (χ2v) is 6.88. The van der Waals surface area contributed by atoms with Gasteiger partial charge in [-0.25, -0.2) is 0 Å². The summed E-state index contributed by atoms with van der Waals surface area (Å²) in [6.45, 7) is 3.33. The van der Waals surface area contributed by atoms with Gasteiger partial charge in [0.15, 0.2) is 0 Å². The van der Waals surface area contributed by atoms with Crippen LogP contribution in [0.15, 0.2) is 42.5 Å². The summed E-state index contributed by atoms with van der Waals surface area (Å²) in [6.07, 6.45) is 2.07. The van der Waals surface area contributed by atoms with Gasteiger partial charge in [-0.05, 0) is 62.2 Å². The zero-order chi connectivity index (χ0) is 19.0. The summed E-state index contributed by atoms with van der Waals surface area (Å²) in [6, 6.07) is 12.6. The molecule has 27 heavy (non-hydrogen) atoms. The van der Waals surface area contributed by atoms with Gasteiger partial charge < -0.3 is 19.9 Å². The second kappa shape index (κ2) is 6.95. The zero-order valence-electron chi connectivity index (χ0n) is 15.6. The van der Waals surface area contributed by atoms with Crippen molar-refractivity contribution in [2.75, 3.05) is 30.4 Å². The molecule has 4 rings (SSSR count). The molecule has 0 spiro atoms. The van der Waals surface area contributed by atoms with E-state index in [-0.39, 0.29) is 18.0 Å². The Labute approximate surface area is 158 Å². The zero-order valence-corrected chi connectivity index (χ0v) is 15.6. The highest BCUT2D eigenvalue weighted by Gasteiger charge is 2.38. The van der Waals surface area contributed by atoms with Crippen molar-refractivity contribution in [2.24, 2.45) is 0 Å². The summed E-state index contributed by atoms with van der Waals surface area (Å²) >= 11 is 0. The highest BCUT2D eigenvalue weighted by Crippen LogP contribution is 2.35. The van der Waals surface area contributed by atoms with E-state index in [4.69, 9.17) is 4.74 Å². The highest BCUT2D eigenvalue weighted by atomic mass is 16.5. The number of ether oxygens (including phenoxy) is 1. The van der Waals surface area contributed by atoms with Gasteiger partial charge in [-0.3, -0.25) is 9.59 Å². The summed E-state index contributed by atoms with van der Waals surface area (Å²) < 4.78 is 5.41. The van der Waals surface area contributed by atoms with Crippen molar-refractivity contribution in [3.63, 3.8) is 0 Å². The first-order valence-electron chi connectivity index (χ1n) is 9.30. The fourth-order valence-corrected chi connectivity index (χ4v) is 3.85. The van der Waals surface area contributed by atoms with Gasteiger partial charge in [0.2, 0.25) is 0 Å². The Morgan fingerprint density at radius 2 is 2.00 bits per heavy atom. The average Bonchev–Trinajstić information content (AvgIpc) is 3.18. The predicted molar refractivity (Wildman–Crippen MR) is 104 cm³/mol. The molecule has 2 amide bonds. The SMILES string of the molecule is CCOc1ccc(NC(=O)c2ccc3c(c2)N(C)[C@@H]2CCCN2C3=O)cc1. The van der Waals surface area contributed by atoms with Crippen molar-refractivity contribution in [3.05, 3.63) is 53.6 Å². The van der Waals surface area contributed by atoms with Crippen LogP contribution in [0.4, 0.5) is 11.4 Å². The van der Waals surface area contributed by atoms with E-state index in [2.05, 4.69) is 10.2 Å². The van der Waals surface area contributed by atoms with E-state index in [1.807, 2.05) is 49.2 Å². The van der Waals surface area contributed by atoms with Crippen LogP contribution in [0.1, 0.15) is 40.5 Å². The van der Waals surface area contributed by atoms with Gasteiger partial charge in [0.25, 0.3) is 11.8 Å². The molecule has 2 aliphatic heterocycles. The lowest BCUT2D eigenvalue weighted by molar-refractivity contribution is 0.0719. The topological polar surface area (TPSA) is 61.9 Å². The maximum atomic E-state index is 12.7. The van der Waals surface area contributed by atoms with E-state index in [9.17, 15) is 9.59 Å². The maximum Gasteiger partial charge on any atom is 0.257 e. The molecular weight excluding hydrogens is 342 g/mol. The maximum absolute atomic E-state index is 12.7. The quantitative estimate of drug-likeness (QED) is 0.903. The average molecular weight is 365 g/mol. The van der Waals surface area contributed by atoms with E-state index in [1.54, 1.807) is 12.1 Å². The van der Waals surface area contributed by atoms with E-state index < -0.39 is 0 Å². The van der Waals surface area contributed by atoms with Crippen LogP contribution in [0.2, 0.25) is 0 Å². The van der Waals surface area contributed by atoms with Crippen LogP contribution in [0.3, 0.4) is 0 Å². The third kappa shape index (κ3) is 3.12. The highest BCUT2D eigenvalue weighted by molar-refractivity contribution is 6.08. The van der Waals surface area contributed by atoms with Crippen molar-refractivity contribution in [2.45, 2.75) is 25.9 Å². The lowest BCUT2D eigenvalue weighted by atomic mass is 10.0. The molecule has 1 fully saturated rings. The Kier molecular flexibility index (Phi) is 4.48. The normalized spacial score (nSPS) is 18.1. The number of carbonyl (C=O) groups is 2. The summed E-state index contributed by atoms with van der Waals surface area (Å²) in [5, 5.41) is 2.90. The monoisotopic (exact) mass is 365 g/mol. The number of hydrogen-bond acceptors (Lipinski definition) is 4. The van der Waals surface area contributed by atoms with Gasteiger partial charge in [0.1, 0.15) is 11.9 Å². The number of benzene rings is 2. The Bertz CT molecular complexity index is 879. The van der Waals surface area contributed by atoms with Gasteiger partial charge in [-0.2, -0.15) is 0 Å². The van der Waals surface area contributed by atoms with Crippen molar-refractivity contribution < 1.29 is 14.3 Å². The summed E-state index contributed by atoms with van der Waals surface area (Å²) in [7, 11) is 1.99. The first-order chi connectivity index (χ1) is 13.1. The van der Waals surface area contributed by atoms with E-state index in [1.165, 1.54) is 0 Å². The standard InChI is InChI=1S/C21H23N3O3/c1-3-27-16-9-7-15(8-10-16)22-20(25)14-6-11-17-18(13-14)23(2)19-5-4-12-24(19)21(17)26/h6-11,13,19H,3-5,12H2,1-2H3,(H,22,25)/t19-/m0/s1. The molecule has 0 aromatic heterocycles. The Morgan fingerprint density at radius 3 is 2.74 bits per heavy atom. The van der Waals surface area contributed by atoms with E-state index in [0.29, 0.717) is 23.4 Å². The molecule has 0 aliphatic carbocycles. The molecule has 0 unspecified atom stereocenters. The molecule has 0 radical (unpaired) electrons. The molecule has 1 atom stereocenters. The fraction of sp³-hybridized carbons (Fsp3) is 0.333. The van der Waals surface area contributed by atoms with Gasteiger partial charge in [-0.15, -0.1) is 0 Å². The smallest absolute Gasteiger partial charge is 0.257 e. The number of amides is 2. The number of hydrogen-bond donors (Lipinski definition) is 1. The molecule has 6 heteroatoms. The number of carbonyl (C=O) groups excluding carboxylic acids is 2. The third-order valence-corrected chi connectivity index (χ3v) is 5.22. The minimum Gasteiger partial charge on any atom is -0.494 e. The Morgan fingerprint density at radius 1 is 1.22 bits per heavy atom. The van der Waals surface area contributed by atoms with Gasteiger partial charge in [-0.1, -0.05) is 0 Å². The minimum atomic E-state index is -0.198. The number of nitrogens with zero attached hydrogens (tertiary/aromatic N) is 2. The predicted octanol–water partition coefficient (Wildman–Crippen LogP) is 3.35. The third-order valence-electron chi connectivity index (χ3n) is 5.22. The lowest BCUT2D eigenvalue weighted by Gasteiger charge is -2.40. The van der Waals surface area contributed by atoms with Gasteiger partial charge >= 0.3 is 0 Å². The number of fused-ring (bicyclic) bond motifs is 2. The van der Waals surface area contributed by atoms with E-state index in [0.717, 1.165) is 30.8 Å². The molecule has 6 nitrogen and oxygen atoms in total. The van der Waals surface area contributed by atoms with Crippen LogP contribution in [-0.2, 0) is 0 Å². The summed E-state index contributed by atoms with van der Waals surface area (Å²) in [5.41, 5.74) is 2.72. The van der Waals surface area contributed by atoms with Crippen LogP contribution in [0, 0.1) is 0 Å². The van der Waals surface area contributed by atoms with Crippen LogP contribution in [0.5, 0.6) is 5.75 Å². The second-order valence-electron chi connectivity index (χ2n) is 6.88. The van der Waals surface area contributed by atoms with Gasteiger partial charge in [0, 0.05) is 24.8 Å². The van der Waals surface area contributed by atoms with Gasteiger partial charge in [0.05, 0.1) is 17.9 Å². The summed E-state index contributed by atoms with van der Waals surface area (Å²) in [5.74, 6) is 0.631. The fourth-order valence-electron chi connectivity index (χ4n) is 3.85. The molecule has 0 saturated carbocycles. The molecule has 0 bridgehead atoms. The molecule has 2 aromatic carbocycles. The van der Waals surface area contributed by atoms with Crippen molar-refractivity contribution >= 4 is 23.2 Å². The van der Waals surface area contributed by atoms with Crippen LogP contribution >= 0.6 is 0 Å². The molecular formula is C21H23N3O3. The lowest BCUT2D eigenvalue weighted by Crippen LogP contribution is -2.50. The largest absolute Gasteiger partial charge is 0.494 e. The Balaban J connectivity index is 1.55. The van der Waals surface area contributed by atoms with Crippen LogP contribution in [-0.4, -0.2) is 43.1 Å². The van der Waals surface area contributed by atoms with Crippen LogP contribution in [0.25, 0.3) is 0 Å². The Hall–Kier alpha value is -3.02. The number of anilines is 2. The van der Waals surface area contributed by atoms with E-state index >= 15 is 0 Å². The number of nitrogens with one attached hydrogen (secondary N) is 1. The van der Waals surface area contributed by atoms with Crippen molar-refractivity contribution in [3.8, 4) is 5.75 Å². The van der Waals surface area contributed by atoms with Crippen molar-refractivity contribution in [1.29, 1.82) is 0 Å². The minimum absolute atomic E-state index is 0.0593. The first kappa shape index (κ1) is 17.4. The molecule has 140 valence electrons. The number of rotatable bonds is 4. The molecule has 2 aromatic rings. The molecule has 2 aliphatic rings. The molecule has 2 heterocycles. The molecule has 1 N–H and O–H groups in total. The summed E-state index contributed by atoms with van der Waals surface area (Å²) in [4.78, 5) is 29.4.